The Kier molecular flexibility index (Phi) is 6.18. The largest absolute Gasteiger partial charge is 0.496 e. The normalized spacial score (nSPS) is 10.4. The molecule has 0 saturated heterocycles. The third-order valence-corrected chi connectivity index (χ3v) is 3.83. The lowest BCUT2D eigenvalue weighted by Crippen LogP contribution is -2.35. The minimum Gasteiger partial charge on any atom is -0.496 e. The molecule has 0 saturated carbocycles. The topological polar surface area (TPSA) is 49.8 Å². The highest BCUT2D eigenvalue weighted by molar-refractivity contribution is 5.94. The fraction of sp³-hybridized carbons (Fsp3) is 0.316. The first-order valence-corrected chi connectivity index (χ1v) is 7.74. The van der Waals surface area contributed by atoms with Gasteiger partial charge < -0.3 is 14.7 Å². The van der Waals surface area contributed by atoms with Crippen molar-refractivity contribution in [1.29, 1.82) is 0 Å². The minimum atomic E-state index is -0.0896. The average Bonchev–Trinajstić information content (AvgIpc) is 2.59. The van der Waals surface area contributed by atoms with Gasteiger partial charge in [-0.3, -0.25) is 4.79 Å². The quantitative estimate of drug-likeness (QED) is 0.855. The van der Waals surface area contributed by atoms with Gasteiger partial charge in [-0.05, 0) is 36.6 Å². The zero-order valence-electron chi connectivity index (χ0n) is 13.7. The minimum absolute atomic E-state index is 0.0521. The number of nitrogens with zero attached hydrogens (tertiary/aromatic N) is 1. The molecular formula is C19H23NO3. The van der Waals surface area contributed by atoms with Gasteiger partial charge in [-0.1, -0.05) is 36.4 Å². The van der Waals surface area contributed by atoms with Crippen LogP contribution in [0.4, 0.5) is 0 Å². The first kappa shape index (κ1) is 17.0. The number of carbonyl (C=O) groups is 1. The van der Waals surface area contributed by atoms with Crippen LogP contribution in [-0.2, 0) is 6.42 Å². The molecule has 0 radical (unpaired) electrons. The molecule has 0 aliphatic carbocycles. The number of hydrogen-bond donors (Lipinski definition) is 1. The molecule has 4 nitrogen and oxygen atoms in total. The first-order valence-electron chi connectivity index (χ1n) is 7.74. The molecule has 0 bridgehead atoms. The molecule has 1 amide bonds. The smallest absolute Gasteiger partial charge is 0.254 e. The van der Waals surface area contributed by atoms with Crippen molar-refractivity contribution >= 4 is 5.91 Å². The summed E-state index contributed by atoms with van der Waals surface area (Å²) in [6, 6.07) is 15.4. The van der Waals surface area contributed by atoms with Crippen LogP contribution in [0.3, 0.4) is 0 Å². The van der Waals surface area contributed by atoms with Gasteiger partial charge in [-0.25, -0.2) is 0 Å². The first-order chi connectivity index (χ1) is 11.2. The number of aryl methyl sites for hydroxylation is 1. The number of rotatable bonds is 7. The predicted molar refractivity (Wildman–Crippen MR) is 90.9 cm³/mol. The molecule has 122 valence electrons. The van der Waals surface area contributed by atoms with E-state index < -0.39 is 0 Å². The van der Waals surface area contributed by atoms with Crippen LogP contribution in [0.15, 0.2) is 48.5 Å². The molecule has 23 heavy (non-hydrogen) atoms. The van der Waals surface area contributed by atoms with E-state index in [-0.39, 0.29) is 12.5 Å². The maximum absolute atomic E-state index is 12.7. The van der Waals surface area contributed by atoms with E-state index in [4.69, 9.17) is 4.74 Å². The molecule has 0 unspecified atom stereocenters. The molecule has 2 aromatic carbocycles. The van der Waals surface area contributed by atoms with E-state index in [9.17, 15) is 9.90 Å². The van der Waals surface area contributed by atoms with E-state index in [1.807, 2.05) is 43.3 Å². The number of hydrogen-bond acceptors (Lipinski definition) is 3. The summed E-state index contributed by atoms with van der Waals surface area (Å²) in [5.41, 5.74) is 2.74. The van der Waals surface area contributed by atoms with Crippen molar-refractivity contribution in [2.75, 3.05) is 26.8 Å². The van der Waals surface area contributed by atoms with E-state index >= 15 is 0 Å². The second-order valence-electron chi connectivity index (χ2n) is 5.44. The number of carbonyl (C=O) groups excluding carboxylic acids is 1. The standard InChI is InChI=1S/C19H23NO3/c1-15-8-9-17(14-18(15)23-2)19(22)20(12-13-21)11-10-16-6-4-3-5-7-16/h3-9,14,21H,10-13H2,1-2H3. The van der Waals surface area contributed by atoms with E-state index in [1.54, 1.807) is 24.1 Å². The van der Waals surface area contributed by atoms with Crippen LogP contribution in [0.1, 0.15) is 21.5 Å². The molecule has 0 aromatic heterocycles. The molecule has 0 spiro atoms. The van der Waals surface area contributed by atoms with Gasteiger partial charge >= 0.3 is 0 Å². The third-order valence-electron chi connectivity index (χ3n) is 3.83. The molecule has 0 atom stereocenters. The summed E-state index contributed by atoms with van der Waals surface area (Å²) in [7, 11) is 1.59. The summed E-state index contributed by atoms with van der Waals surface area (Å²) in [6.07, 6.45) is 0.760. The highest BCUT2D eigenvalue weighted by Gasteiger charge is 2.16. The molecular weight excluding hydrogens is 290 g/mol. The zero-order chi connectivity index (χ0) is 16.7. The van der Waals surface area contributed by atoms with Gasteiger partial charge in [0.15, 0.2) is 0 Å². The van der Waals surface area contributed by atoms with Gasteiger partial charge in [0, 0.05) is 18.7 Å². The van der Waals surface area contributed by atoms with Crippen LogP contribution in [0, 0.1) is 6.92 Å². The Morgan fingerprint density at radius 3 is 2.52 bits per heavy atom. The lowest BCUT2D eigenvalue weighted by molar-refractivity contribution is 0.0723. The summed E-state index contributed by atoms with van der Waals surface area (Å²) in [4.78, 5) is 14.4. The fourth-order valence-electron chi connectivity index (χ4n) is 2.48. The van der Waals surface area contributed by atoms with Crippen molar-refractivity contribution in [2.24, 2.45) is 0 Å². The van der Waals surface area contributed by atoms with E-state index in [0.29, 0.717) is 24.4 Å². The van der Waals surface area contributed by atoms with E-state index in [2.05, 4.69) is 0 Å². The van der Waals surface area contributed by atoms with Gasteiger partial charge in [-0.2, -0.15) is 0 Å². The fourth-order valence-corrected chi connectivity index (χ4v) is 2.48. The maximum Gasteiger partial charge on any atom is 0.254 e. The molecule has 0 aliphatic rings. The molecule has 4 heteroatoms. The molecule has 2 rings (SSSR count). The second-order valence-corrected chi connectivity index (χ2v) is 5.44. The van der Waals surface area contributed by atoms with Crippen molar-refractivity contribution < 1.29 is 14.6 Å². The van der Waals surface area contributed by atoms with E-state index in [1.165, 1.54) is 5.56 Å². The summed E-state index contributed by atoms with van der Waals surface area (Å²) in [5.74, 6) is 0.608. The molecule has 2 aromatic rings. The highest BCUT2D eigenvalue weighted by Crippen LogP contribution is 2.20. The van der Waals surface area contributed by atoms with Gasteiger partial charge in [0.25, 0.3) is 5.91 Å². The Hall–Kier alpha value is -2.33. The molecule has 0 fully saturated rings. The van der Waals surface area contributed by atoms with Crippen LogP contribution in [-0.4, -0.2) is 42.7 Å². The Morgan fingerprint density at radius 2 is 1.87 bits per heavy atom. The number of methoxy groups -OCH3 is 1. The predicted octanol–water partition coefficient (Wildman–Crippen LogP) is 2.68. The van der Waals surface area contributed by atoms with Gasteiger partial charge in [0.2, 0.25) is 0 Å². The number of benzene rings is 2. The summed E-state index contributed by atoms with van der Waals surface area (Å²) < 4.78 is 5.28. The van der Waals surface area contributed by atoms with Crippen molar-refractivity contribution in [2.45, 2.75) is 13.3 Å². The number of aliphatic hydroxyl groups excluding tert-OH is 1. The zero-order valence-corrected chi connectivity index (χ0v) is 13.7. The van der Waals surface area contributed by atoms with Crippen molar-refractivity contribution in [3.8, 4) is 5.75 Å². The Bertz CT molecular complexity index is 640. The van der Waals surface area contributed by atoms with Crippen LogP contribution < -0.4 is 4.74 Å². The van der Waals surface area contributed by atoms with Crippen LogP contribution in [0.25, 0.3) is 0 Å². The molecule has 0 heterocycles. The number of amides is 1. The van der Waals surface area contributed by atoms with Crippen molar-refractivity contribution in [3.63, 3.8) is 0 Å². The van der Waals surface area contributed by atoms with Crippen LogP contribution in [0.2, 0.25) is 0 Å². The third kappa shape index (κ3) is 4.57. The summed E-state index contributed by atoms with van der Waals surface area (Å²) in [6.45, 7) is 2.78. The monoisotopic (exact) mass is 313 g/mol. The van der Waals surface area contributed by atoms with Gasteiger partial charge in [-0.15, -0.1) is 0 Å². The summed E-state index contributed by atoms with van der Waals surface area (Å²) >= 11 is 0. The lowest BCUT2D eigenvalue weighted by atomic mass is 10.1. The van der Waals surface area contributed by atoms with Crippen molar-refractivity contribution in [3.05, 3.63) is 65.2 Å². The SMILES string of the molecule is COc1cc(C(=O)N(CCO)CCc2ccccc2)ccc1C. The number of aliphatic hydroxyl groups is 1. The van der Waals surface area contributed by atoms with Crippen molar-refractivity contribution in [1.82, 2.24) is 4.90 Å². The second kappa shape index (κ2) is 8.34. The van der Waals surface area contributed by atoms with E-state index in [0.717, 1.165) is 12.0 Å². The highest BCUT2D eigenvalue weighted by atomic mass is 16.5. The van der Waals surface area contributed by atoms with Crippen LogP contribution in [0.5, 0.6) is 5.75 Å². The average molecular weight is 313 g/mol. The Morgan fingerprint density at radius 1 is 1.13 bits per heavy atom. The van der Waals surface area contributed by atoms with Crippen LogP contribution >= 0.6 is 0 Å². The Labute approximate surface area is 137 Å². The lowest BCUT2D eigenvalue weighted by Gasteiger charge is -2.22. The summed E-state index contributed by atoms with van der Waals surface area (Å²) in [5, 5.41) is 9.26. The number of ether oxygens (including phenoxy) is 1. The Balaban J connectivity index is 2.11. The van der Waals surface area contributed by atoms with Gasteiger partial charge in [0.1, 0.15) is 5.75 Å². The maximum atomic E-state index is 12.7. The van der Waals surface area contributed by atoms with Gasteiger partial charge in [0.05, 0.1) is 13.7 Å². The molecule has 0 aliphatic heterocycles. The molecule has 1 N–H and O–H groups in total.